The molecule has 0 amide bonds. The highest BCUT2D eigenvalue weighted by molar-refractivity contribution is 5.42. The lowest BCUT2D eigenvalue weighted by atomic mass is 10.3. The minimum atomic E-state index is -4.36. The fourth-order valence-electron chi connectivity index (χ4n) is 1.33. The molecule has 0 fully saturated rings. The molecular weight excluding hydrogens is 261 g/mol. The minimum Gasteiger partial charge on any atom is -0.468 e. The third-order valence-electron chi connectivity index (χ3n) is 2.11. The predicted molar refractivity (Wildman–Crippen MR) is 65.4 cm³/mol. The molecule has 1 aromatic heterocycles. The van der Waals surface area contributed by atoms with Gasteiger partial charge in [0, 0.05) is 18.7 Å². The van der Waals surface area contributed by atoms with Gasteiger partial charge >= 0.3 is 6.18 Å². The van der Waals surface area contributed by atoms with Crippen LogP contribution < -0.4 is 10.1 Å². The van der Waals surface area contributed by atoms with E-state index in [0.717, 1.165) is 0 Å². The monoisotopic (exact) mass is 278 g/mol. The maximum absolute atomic E-state index is 11.9. The molecule has 7 heteroatoms. The van der Waals surface area contributed by atoms with E-state index >= 15 is 0 Å². The third-order valence-corrected chi connectivity index (χ3v) is 2.11. The second-order valence-corrected chi connectivity index (χ2v) is 3.99. The first-order valence-corrected chi connectivity index (χ1v) is 5.90. The number of nitrogens with zero attached hydrogens (tertiary/aromatic N) is 1. The van der Waals surface area contributed by atoms with Crippen LogP contribution in [0.15, 0.2) is 18.3 Å². The minimum absolute atomic E-state index is 0.0552. The molecule has 1 N–H and O–H groups in total. The number of rotatable bonds is 7. The van der Waals surface area contributed by atoms with Crippen LogP contribution in [0.4, 0.5) is 18.9 Å². The fourth-order valence-corrected chi connectivity index (χ4v) is 1.33. The summed E-state index contributed by atoms with van der Waals surface area (Å²) in [6.07, 6.45) is -2.93. The van der Waals surface area contributed by atoms with E-state index in [0.29, 0.717) is 18.9 Å². The van der Waals surface area contributed by atoms with E-state index in [1.165, 1.54) is 12.3 Å². The van der Waals surface area contributed by atoms with Crippen LogP contribution in [0.2, 0.25) is 0 Å². The van der Waals surface area contributed by atoms with Crippen LogP contribution >= 0.6 is 0 Å². The number of hydrogen-bond donors (Lipinski definition) is 1. The van der Waals surface area contributed by atoms with E-state index in [2.05, 4.69) is 15.0 Å². The first kappa shape index (κ1) is 15.6. The first-order chi connectivity index (χ1) is 8.90. The molecule has 0 aliphatic rings. The maximum atomic E-state index is 11.9. The zero-order chi connectivity index (χ0) is 14.3. The quantitative estimate of drug-likeness (QED) is 0.833. The Hall–Kier alpha value is -1.50. The average Bonchev–Trinajstić information content (AvgIpc) is 2.34. The molecule has 0 saturated carbocycles. The summed E-state index contributed by atoms with van der Waals surface area (Å²) in [6.45, 7) is 3.68. The van der Waals surface area contributed by atoms with Crippen molar-refractivity contribution < 1.29 is 22.6 Å². The third kappa shape index (κ3) is 6.85. The van der Waals surface area contributed by atoms with Gasteiger partial charge in [0.2, 0.25) is 5.88 Å². The molecule has 1 heterocycles. The van der Waals surface area contributed by atoms with E-state index in [1.807, 2.05) is 13.8 Å². The Morgan fingerprint density at radius 2 is 2.11 bits per heavy atom. The number of anilines is 1. The summed E-state index contributed by atoms with van der Waals surface area (Å²) in [6, 6.07) is 3.09. The maximum Gasteiger partial charge on any atom is 0.422 e. The zero-order valence-corrected chi connectivity index (χ0v) is 10.8. The Balaban J connectivity index is 2.43. The summed E-state index contributed by atoms with van der Waals surface area (Å²) < 4.78 is 45.5. The van der Waals surface area contributed by atoms with Gasteiger partial charge in [0.25, 0.3) is 0 Å². The highest BCUT2D eigenvalue weighted by Crippen LogP contribution is 2.18. The van der Waals surface area contributed by atoms with Gasteiger partial charge in [-0.05, 0) is 19.9 Å². The second kappa shape index (κ2) is 7.18. The van der Waals surface area contributed by atoms with Crippen LogP contribution in [-0.2, 0) is 4.74 Å². The number of pyridine rings is 1. The molecule has 0 radical (unpaired) electrons. The van der Waals surface area contributed by atoms with Crippen molar-refractivity contribution in [1.29, 1.82) is 0 Å². The first-order valence-electron chi connectivity index (χ1n) is 5.90. The van der Waals surface area contributed by atoms with Gasteiger partial charge < -0.3 is 14.8 Å². The van der Waals surface area contributed by atoms with E-state index in [4.69, 9.17) is 4.74 Å². The summed E-state index contributed by atoms with van der Waals surface area (Å²) in [4.78, 5) is 3.79. The van der Waals surface area contributed by atoms with Crippen molar-refractivity contribution >= 4 is 5.69 Å². The van der Waals surface area contributed by atoms with Crippen LogP contribution in [0.3, 0.4) is 0 Å². The molecule has 19 heavy (non-hydrogen) atoms. The summed E-state index contributed by atoms with van der Waals surface area (Å²) in [5.74, 6) is -0.0552. The Kier molecular flexibility index (Phi) is 5.88. The molecule has 1 rings (SSSR count). The zero-order valence-electron chi connectivity index (χ0n) is 10.8. The van der Waals surface area contributed by atoms with E-state index in [9.17, 15) is 13.2 Å². The Morgan fingerprint density at radius 3 is 2.63 bits per heavy atom. The number of alkyl halides is 3. The van der Waals surface area contributed by atoms with Crippen molar-refractivity contribution in [2.75, 3.05) is 25.1 Å². The molecule has 0 saturated heterocycles. The van der Waals surface area contributed by atoms with Crippen LogP contribution in [0.5, 0.6) is 5.88 Å². The molecule has 0 aromatic carbocycles. The van der Waals surface area contributed by atoms with Gasteiger partial charge in [-0.15, -0.1) is 0 Å². The highest BCUT2D eigenvalue weighted by Gasteiger charge is 2.28. The molecule has 1 atom stereocenters. The SMILES string of the molecule is CCOCC(C)Nc1ccc(OCC(F)(F)F)nc1. The number of aromatic nitrogens is 1. The van der Waals surface area contributed by atoms with Crippen LogP contribution in [-0.4, -0.2) is 37.0 Å². The van der Waals surface area contributed by atoms with Gasteiger partial charge in [0.15, 0.2) is 6.61 Å². The van der Waals surface area contributed by atoms with Crippen molar-refractivity contribution in [2.24, 2.45) is 0 Å². The van der Waals surface area contributed by atoms with Crippen LogP contribution in [0.1, 0.15) is 13.8 Å². The number of nitrogens with one attached hydrogen (secondary N) is 1. The molecule has 0 spiro atoms. The summed E-state index contributed by atoms with van der Waals surface area (Å²) >= 11 is 0. The van der Waals surface area contributed by atoms with Gasteiger partial charge in [0.1, 0.15) is 0 Å². The highest BCUT2D eigenvalue weighted by atomic mass is 19.4. The van der Waals surface area contributed by atoms with Gasteiger partial charge in [0.05, 0.1) is 18.5 Å². The molecule has 0 aliphatic heterocycles. The lowest BCUT2D eigenvalue weighted by molar-refractivity contribution is -0.154. The van der Waals surface area contributed by atoms with Crippen molar-refractivity contribution in [1.82, 2.24) is 4.98 Å². The fraction of sp³-hybridized carbons (Fsp3) is 0.583. The summed E-state index contributed by atoms with van der Waals surface area (Å²) in [5, 5.41) is 3.11. The molecule has 0 aliphatic carbocycles. The smallest absolute Gasteiger partial charge is 0.422 e. The summed E-state index contributed by atoms with van der Waals surface area (Å²) in [7, 11) is 0. The molecule has 108 valence electrons. The molecule has 4 nitrogen and oxygen atoms in total. The van der Waals surface area contributed by atoms with E-state index < -0.39 is 12.8 Å². The lowest BCUT2D eigenvalue weighted by Crippen LogP contribution is -2.22. The molecule has 1 aromatic rings. The predicted octanol–water partition coefficient (Wildman–Crippen LogP) is 2.86. The van der Waals surface area contributed by atoms with Crippen molar-refractivity contribution in [3.63, 3.8) is 0 Å². The van der Waals surface area contributed by atoms with Gasteiger partial charge in [-0.25, -0.2) is 4.98 Å². The Labute approximate surface area is 109 Å². The van der Waals surface area contributed by atoms with Crippen molar-refractivity contribution in [3.8, 4) is 5.88 Å². The Bertz CT molecular complexity index is 368. The van der Waals surface area contributed by atoms with E-state index in [1.54, 1.807) is 6.07 Å². The van der Waals surface area contributed by atoms with Crippen molar-refractivity contribution in [2.45, 2.75) is 26.1 Å². The molecule has 0 bridgehead atoms. The molecule has 1 unspecified atom stereocenters. The standard InChI is InChI=1S/C12H17F3N2O2/c1-3-18-7-9(2)17-10-4-5-11(16-6-10)19-8-12(13,14)15/h4-6,9,17H,3,7-8H2,1-2H3. The van der Waals surface area contributed by atoms with Gasteiger partial charge in [-0.2, -0.15) is 13.2 Å². The number of halogens is 3. The van der Waals surface area contributed by atoms with Gasteiger partial charge in [-0.1, -0.05) is 0 Å². The van der Waals surface area contributed by atoms with E-state index in [-0.39, 0.29) is 11.9 Å². The average molecular weight is 278 g/mol. The van der Waals surface area contributed by atoms with Crippen molar-refractivity contribution in [3.05, 3.63) is 18.3 Å². The van der Waals surface area contributed by atoms with Crippen LogP contribution in [0, 0.1) is 0 Å². The Morgan fingerprint density at radius 1 is 1.37 bits per heavy atom. The topological polar surface area (TPSA) is 43.4 Å². The normalized spacial score (nSPS) is 13.1. The second-order valence-electron chi connectivity index (χ2n) is 3.99. The lowest BCUT2D eigenvalue weighted by Gasteiger charge is -2.15. The van der Waals surface area contributed by atoms with Gasteiger partial charge in [-0.3, -0.25) is 0 Å². The summed E-state index contributed by atoms with van der Waals surface area (Å²) in [5.41, 5.74) is 0.701. The van der Waals surface area contributed by atoms with Crippen LogP contribution in [0.25, 0.3) is 0 Å². The number of hydrogen-bond acceptors (Lipinski definition) is 4. The largest absolute Gasteiger partial charge is 0.468 e. The molecular formula is C12H17F3N2O2. The number of ether oxygens (including phenoxy) is 2.